The van der Waals surface area contributed by atoms with Crippen molar-refractivity contribution in [2.45, 2.75) is 37.5 Å². The second-order valence-electron chi connectivity index (χ2n) is 7.43. The molecule has 4 nitrogen and oxygen atoms in total. The number of benzene rings is 2. The number of carbonyl (C=O) groups is 1. The summed E-state index contributed by atoms with van der Waals surface area (Å²) in [4.78, 5) is 11.6. The molecule has 0 saturated carbocycles. The number of ether oxygens (including phenoxy) is 1. The van der Waals surface area contributed by atoms with Crippen molar-refractivity contribution in [2.75, 3.05) is 14.2 Å². The number of hydrogen-bond acceptors (Lipinski definition) is 3. The zero-order chi connectivity index (χ0) is 24.1. The highest BCUT2D eigenvalue weighted by Gasteiger charge is 2.43. The Kier molecular flexibility index (Phi) is 8.03. The highest BCUT2D eigenvalue weighted by atomic mass is 19.4. The first kappa shape index (κ1) is 25.4. The Hall–Kier alpha value is -2.91. The molecule has 0 aliphatic rings. The molecule has 2 unspecified atom stereocenters. The quantitative estimate of drug-likeness (QED) is 0.501. The van der Waals surface area contributed by atoms with Gasteiger partial charge in [-0.2, -0.15) is 26.3 Å². The molecule has 1 amide bonds. The van der Waals surface area contributed by atoms with Crippen LogP contribution in [0.1, 0.15) is 40.2 Å². The van der Waals surface area contributed by atoms with E-state index in [4.69, 9.17) is 4.74 Å². The normalized spacial score (nSPS) is 14.0. The molecule has 0 bridgehead atoms. The van der Waals surface area contributed by atoms with E-state index in [1.54, 1.807) is 0 Å². The molecule has 2 aromatic carbocycles. The molecule has 10 heteroatoms. The fourth-order valence-electron chi connectivity index (χ4n) is 3.55. The van der Waals surface area contributed by atoms with Crippen LogP contribution in [-0.2, 0) is 6.42 Å². The Balaban J connectivity index is 2.35. The maximum Gasteiger partial charge on any atom is 0.395 e. The predicted molar refractivity (Wildman–Crippen MR) is 106 cm³/mol. The van der Waals surface area contributed by atoms with Crippen molar-refractivity contribution in [3.05, 3.63) is 59.2 Å². The van der Waals surface area contributed by atoms with Crippen LogP contribution >= 0.6 is 0 Å². The van der Waals surface area contributed by atoms with Crippen LogP contribution in [0, 0.1) is 5.92 Å². The zero-order valence-corrected chi connectivity index (χ0v) is 17.3. The fourth-order valence-corrected chi connectivity index (χ4v) is 3.55. The summed E-state index contributed by atoms with van der Waals surface area (Å²) in [6.45, 7) is 0. The van der Waals surface area contributed by atoms with E-state index >= 15 is 0 Å². The summed E-state index contributed by atoms with van der Waals surface area (Å²) in [5, 5.41) is 12.0. The topological polar surface area (TPSA) is 58.6 Å². The lowest BCUT2D eigenvalue weighted by atomic mass is 9.83. The van der Waals surface area contributed by atoms with Crippen LogP contribution in [0.25, 0.3) is 0 Å². The minimum atomic E-state index is -4.79. The molecule has 176 valence electrons. The van der Waals surface area contributed by atoms with E-state index in [2.05, 4.69) is 5.32 Å². The summed E-state index contributed by atoms with van der Waals surface area (Å²) in [6.07, 6.45) is -11.9. The van der Waals surface area contributed by atoms with Crippen molar-refractivity contribution in [3.8, 4) is 11.5 Å². The molecular weight excluding hydrogens is 440 g/mol. The van der Waals surface area contributed by atoms with Crippen LogP contribution < -0.4 is 10.1 Å². The smallest absolute Gasteiger partial charge is 0.395 e. The molecule has 2 N–H and O–H groups in total. The summed E-state index contributed by atoms with van der Waals surface area (Å²) in [5.41, 5.74) is 0.227. The summed E-state index contributed by atoms with van der Waals surface area (Å²) < 4.78 is 85.9. The number of methoxy groups -OCH3 is 1. The van der Waals surface area contributed by atoms with Gasteiger partial charge in [0.25, 0.3) is 5.91 Å². The number of phenols is 1. The van der Waals surface area contributed by atoms with Crippen LogP contribution in [0.3, 0.4) is 0 Å². The number of phenolic OH excluding ortho intramolecular Hbond substituents is 1. The maximum absolute atomic E-state index is 13.8. The van der Waals surface area contributed by atoms with Gasteiger partial charge in [-0.3, -0.25) is 4.79 Å². The van der Waals surface area contributed by atoms with Gasteiger partial charge >= 0.3 is 12.4 Å². The van der Waals surface area contributed by atoms with E-state index < -0.39 is 42.9 Å². The molecule has 0 aliphatic carbocycles. The van der Waals surface area contributed by atoms with Gasteiger partial charge in [0.05, 0.1) is 13.0 Å². The molecule has 2 aromatic rings. The predicted octanol–water partition coefficient (Wildman–Crippen LogP) is 5.61. The highest BCUT2D eigenvalue weighted by molar-refractivity contribution is 5.93. The van der Waals surface area contributed by atoms with Gasteiger partial charge < -0.3 is 15.2 Å². The van der Waals surface area contributed by atoms with E-state index in [0.717, 1.165) is 12.1 Å². The lowest BCUT2D eigenvalue weighted by Gasteiger charge is -2.27. The molecule has 0 fully saturated rings. The third-order valence-corrected chi connectivity index (χ3v) is 5.06. The maximum atomic E-state index is 13.8. The second kappa shape index (κ2) is 10.1. The van der Waals surface area contributed by atoms with Crippen molar-refractivity contribution in [1.82, 2.24) is 5.32 Å². The number of hydrogen-bond donors (Lipinski definition) is 2. The molecule has 2 atom stereocenters. The van der Waals surface area contributed by atoms with Crippen LogP contribution in [0.5, 0.6) is 11.5 Å². The number of aromatic hydroxyl groups is 1. The summed E-state index contributed by atoms with van der Waals surface area (Å²) in [6, 6.07) is 8.50. The first-order chi connectivity index (χ1) is 14.8. The largest absolute Gasteiger partial charge is 0.504 e. The molecule has 0 spiro atoms. The van der Waals surface area contributed by atoms with Crippen molar-refractivity contribution in [1.29, 1.82) is 0 Å². The zero-order valence-electron chi connectivity index (χ0n) is 17.3. The van der Waals surface area contributed by atoms with Gasteiger partial charge in [0.2, 0.25) is 0 Å². The number of carbonyl (C=O) groups excluding carboxylic acids is 1. The number of nitrogens with one attached hydrogen (secondary N) is 1. The first-order valence-electron chi connectivity index (χ1n) is 9.65. The van der Waals surface area contributed by atoms with Gasteiger partial charge in [-0.1, -0.05) is 18.2 Å². The van der Waals surface area contributed by atoms with Crippen molar-refractivity contribution >= 4 is 5.91 Å². The van der Waals surface area contributed by atoms with Gasteiger partial charge in [-0.05, 0) is 54.2 Å². The minimum absolute atomic E-state index is 0.0189. The number of halogens is 6. The number of amides is 1. The van der Waals surface area contributed by atoms with Crippen LogP contribution in [-0.4, -0.2) is 37.5 Å². The summed E-state index contributed by atoms with van der Waals surface area (Å²) in [7, 11) is 2.63. The summed E-state index contributed by atoms with van der Waals surface area (Å²) >= 11 is 0. The third kappa shape index (κ3) is 7.06. The standard InChI is InChI=1S/C22H23F6NO3/c1-29-20(31)16-6-4-15(5-7-16)17(22(26,27)28)10-14(12-21(23,24)25)9-13-3-8-18(30)19(11-13)32-2/h3-8,11,14,17,30H,9-10,12H2,1-2H3,(H,29,31). The minimum Gasteiger partial charge on any atom is -0.504 e. The lowest BCUT2D eigenvalue weighted by Crippen LogP contribution is -2.27. The second-order valence-corrected chi connectivity index (χ2v) is 7.43. The molecule has 2 rings (SSSR count). The first-order valence-corrected chi connectivity index (χ1v) is 9.65. The van der Waals surface area contributed by atoms with Gasteiger partial charge in [-0.15, -0.1) is 0 Å². The lowest BCUT2D eigenvalue weighted by molar-refractivity contribution is -0.166. The number of rotatable bonds is 8. The fraction of sp³-hybridized carbons (Fsp3) is 0.409. The van der Waals surface area contributed by atoms with Crippen molar-refractivity contribution in [3.63, 3.8) is 0 Å². The van der Waals surface area contributed by atoms with Crippen molar-refractivity contribution in [2.24, 2.45) is 5.92 Å². The van der Waals surface area contributed by atoms with E-state index in [0.29, 0.717) is 5.56 Å². The number of alkyl halides is 6. The van der Waals surface area contributed by atoms with E-state index in [-0.39, 0.29) is 29.0 Å². The highest BCUT2D eigenvalue weighted by Crippen LogP contribution is 2.43. The molecule has 0 heterocycles. The van der Waals surface area contributed by atoms with E-state index in [9.17, 15) is 36.2 Å². The van der Waals surface area contributed by atoms with Gasteiger partial charge in [-0.25, -0.2) is 0 Å². The van der Waals surface area contributed by atoms with Gasteiger partial charge in [0.15, 0.2) is 11.5 Å². The molecule has 32 heavy (non-hydrogen) atoms. The Labute approximate surface area is 181 Å². The molecule has 0 radical (unpaired) electrons. The monoisotopic (exact) mass is 463 g/mol. The molecule has 0 aromatic heterocycles. The van der Waals surface area contributed by atoms with Gasteiger partial charge in [0, 0.05) is 19.0 Å². The Morgan fingerprint density at radius 3 is 2.19 bits per heavy atom. The van der Waals surface area contributed by atoms with Crippen molar-refractivity contribution < 1.29 is 41.0 Å². The molecular formula is C22H23F6NO3. The molecule has 0 aliphatic heterocycles. The average Bonchev–Trinajstić information content (AvgIpc) is 2.71. The van der Waals surface area contributed by atoms with E-state index in [1.807, 2.05) is 0 Å². The van der Waals surface area contributed by atoms with Gasteiger partial charge in [0.1, 0.15) is 0 Å². The summed E-state index contributed by atoms with van der Waals surface area (Å²) in [5.74, 6) is -4.23. The Bertz CT molecular complexity index is 909. The van der Waals surface area contributed by atoms with Crippen LogP contribution in [0.15, 0.2) is 42.5 Å². The SMILES string of the molecule is CNC(=O)c1ccc(C(CC(Cc2ccc(O)c(OC)c2)CC(F)(F)F)C(F)(F)F)cc1. The average molecular weight is 463 g/mol. The molecule has 0 saturated heterocycles. The third-order valence-electron chi connectivity index (χ3n) is 5.06. The Morgan fingerprint density at radius 2 is 1.69 bits per heavy atom. The Morgan fingerprint density at radius 1 is 1.06 bits per heavy atom. The van der Waals surface area contributed by atoms with Crippen LogP contribution in [0.4, 0.5) is 26.3 Å². The van der Waals surface area contributed by atoms with E-state index in [1.165, 1.54) is 44.5 Å². The van der Waals surface area contributed by atoms with Crippen LogP contribution in [0.2, 0.25) is 0 Å².